The van der Waals surface area contributed by atoms with Crippen LogP contribution in [0.15, 0.2) is 91.0 Å². The van der Waals surface area contributed by atoms with Crippen LogP contribution >= 0.6 is 0 Å². The Morgan fingerprint density at radius 3 is 1.58 bits per heavy atom. The summed E-state index contributed by atoms with van der Waals surface area (Å²) >= 11 is 0. The first-order valence-electron chi connectivity index (χ1n) is 8.30. The van der Waals surface area contributed by atoms with Gasteiger partial charge in [0.15, 0.2) is 0 Å². The molecule has 0 aromatic heterocycles. The average molecular weight is 315 g/mol. The molecule has 0 saturated heterocycles. The molecule has 3 rings (SSSR count). The van der Waals surface area contributed by atoms with E-state index in [1.807, 2.05) is 95.9 Å². The van der Waals surface area contributed by atoms with E-state index in [-0.39, 0.29) is 11.8 Å². The lowest BCUT2D eigenvalue weighted by atomic mass is 9.94. The number of amides is 1. The van der Waals surface area contributed by atoms with E-state index in [1.54, 1.807) is 0 Å². The topological polar surface area (TPSA) is 20.3 Å². The Morgan fingerprint density at radius 1 is 0.750 bits per heavy atom. The standard InChI is InChI=1S/C22H21NO/c1-2-21(18-12-6-3-7-13-18)22(24)23(19-14-8-4-9-15-19)20-16-10-5-11-17-20/h3-17,21H,2H2,1H3. The van der Waals surface area contributed by atoms with Gasteiger partial charge < -0.3 is 0 Å². The maximum absolute atomic E-state index is 13.4. The van der Waals surface area contributed by atoms with Crippen LogP contribution in [0.1, 0.15) is 24.8 Å². The van der Waals surface area contributed by atoms with Crippen LogP contribution in [0.4, 0.5) is 11.4 Å². The predicted octanol–water partition coefficient (Wildman–Crippen LogP) is 5.55. The van der Waals surface area contributed by atoms with Gasteiger partial charge in [-0.1, -0.05) is 73.7 Å². The summed E-state index contributed by atoms with van der Waals surface area (Å²) < 4.78 is 0. The van der Waals surface area contributed by atoms with Gasteiger partial charge in [0, 0.05) is 11.4 Å². The maximum atomic E-state index is 13.4. The van der Waals surface area contributed by atoms with E-state index in [0.29, 0.717) is 0 Å². The monoisotopic (exact) mass is 315 g/mol. The molecule has 0 bridgehead atoms. The summed E-state index contributed by atoms with van der Waals surface area (Å²) in [7, 11) is 0. The molecule has 1 unspecified atom stereocenters. The molecule has 2 heteroatoms. The Bertz CT molecular complexity index is 729. The highest BCUT2D eigenvalue weighted by Crippen LogP contribution is 2.31. The second-order valence-corrected chi connectivity index (χ2v) is 5.72. The molecule has 1 atom stereocenters. The number of anilines is 2. The molecule has 1 amide bonds. The molecule has 0 N–H and O–H groups in total. The van der Waals surface area contributed by atoms with Gasteiger partial charge in [-0.3, -0.25) is 9.69 Å². The van der Waals surface area contributed by atoms with Crippen molar-refractivity contribution in [1.82, 2.24) is 0 Å². The van der Waals surface area contributed by atoms with Crippen molar-refractivity contribution < 1.29 is 4.79 Å². The van der Waals surface area contributed by atoms with Gasteiger partial charge in [0.1, 0.15) is 0 Å². The number of hydrogen-bond acceptors (Lipinski definition) is 1. The fourth-order valence-corrected chi connectivity index (χ4v) is 2.95. The first kappa shape index (κ1) is 16.0. The second-order valence-electron chi connectivity index (χ2n) is 5.72. The minimum atomic E-state index is -0.161. The third-order valence-corrected chi connectivity index (χ3v) is 4.16. The van der Waals surface area contributed by atoms with Crippen LogP contribution in [0.5, 0.6) is 0 Å². The summed E-state index contributed by atoms with van der Waals surface area (Å²) in [5.74, 6) is -0.0623. The molecule has 2 nitrogen and oxygen atoms in total. The summed E-state index contributed by atoms with van der Waals surface area (Å²) in [6.07, 6.45) is 0.763. The molecule has 0 saturated carbocycles. The molecule has 0 heterocycles. The zero-order valence-corrected chi connectivity index (χ0v) is 13.8. The zero-order valence-electron chi connectivity index (χ0n) is 13.8. The number of carbonyl (C=O) groups is 1. The molecule has 3 aromatic rings. The second kappa shape index (κ2) is 7.60. The fraction of sp³-hybridized carbons (Fsp3) is 0.136. The molecule has 0 aliphatic rings. The number of carbonyl (C=O) groups excluding carboxylic acids is 1. The van der Waals surface area contributed by atoms with E-state index in [1.165, 1.54) is 0 Å². The Hall–Kier alpha value is -2.87. The quantitative estimate of drug-likeness (QED) is 0.605. The van der Waals surface area contributed by atoms with Crippen molar-refractivity contribution in [2.45, 2.75) is 19.3 Å². The van der Waals surface area contributed by atoms with Crippen LogP contribution in [-0.2, 0) is 4.79 Å². The Kier molecular flexibility index (Phi) is 5.07. The van der Waals surface area contributed by atoms with Crippen molar-refractivity contribution in [2.24, 2.45) is 0 Å². The van der Waals surface area contributed by atoms with Gasteiger partial charge in [-0.15, -0.1) is 0 Å². The predicted molar refractivity (Wildman–Crippen MR) is 99.5 cm³/mol. The van der Waals surface area contributed by atoms with Crippen molar-refractivity contribution in [3.63, 3.8) is 0 Å². The SMILES string of the molecule is CCC(C(=O)N(c1ccccc1)c1ccccc1)c1ccccc1. The third kappa shape index (κ3) is 3.38. The Balaban J connectivity index is 2.03. The minimum absolute atomic E-state index is 0.0982. The normalized spacial score (nSPS) is 11.7. The summed E-state index contributed by atoms with van der Waals surface area (Å²) in [4.78, 5) is 15.2. The molecule has 0 fully saturated rings. The summed E-state index contributed by atoms with van der Waals surface area (Å²) in [6, 6.07) is 29.7. The van der Waals surface area contributed by atoms with Gasteiger partial charge in [0.2, 0.25) is 5.91 Å². The molecule has 3 aromatic carbocycles. The smallest absolute Gasteiger partial charge is 0.239 e. The molecule has 0 radical (unpaired) electrons. The number of benzene rings is 3. The van der Waals surface area contributed by atoms with Gasteiger partial charge >= 0.3 is 0 Å². The van der Waals surface area contributed by atoms with Gasteiger partial charge in [-0.25, -0.2) is 0 Å². The van der Waals surface area contributed by atoms with Gasteiger partial charge in [-0.2, -0.15) is 0 Å². The fourth-order valence-electron chi connectivity index (χ4n) is 2.95. The molecule has 0 aliphatic heterocycles. The van der Waals surface area contributed by atoms with Crippen molar-refractivity contribution in [2.75, 3.05) is 4.90 Å². The first-order chi connectivity index (χ1) is 11.8. The van der Waals surface area contributed by atoms with E-state index in [4.69, 9.17) is 0 Å². The minimum Gasteiger partial charge on any atom is -0.281 e. The van der Waals surface area contributed by atoms with E-state index in [9.17, 15) is 4.79 Å². The van der Waals surface area contributed by atoms with Crippen LogP contribution in [0.3, 0.4) is 0 Å². The summed E-state index contributed by atoms with van der Waals surface area (Å²) in [5.41, 5.74) is 2.84. The molecule has 24 heavy (non-hydrogen) atoms. The highest BCUT2D eigenvalue weighted by molar-refractivity contribution is 6.04. The number of para-hydroxylation sites is 2. The molecular weight excluding hydrogens is 294 g/mol. The highest BCUT2D eigenvalue weighted by atomic mass is 16.2. The van der Waals surface area contributed by atoms with Crippen LogP contribution in [0, 0.1) is 0 Å². The van der Waals surface area contributed by atoms with Gasteiger partial charge in [0.05, 0.1) is 5.92 Å². The zero-order chi connectivity index (χ0) is 16.8. The van der Waals surface area contributed by atoms with Crippen molar-refractivity contribution in [3.8, 4) is 0 Å². The van der Waals surface area contributed by atoms with E-state index < -0.39 is 0 Å². The van der Waals surface area contributed by atoms with Crippen LogP contribution in [0.2, 0.25) is 0 Å². The highest BCUT2D eigenvalue weighted by Gasteiger charge is 2.26. The van der Waals surface area contributed by atoms with Gasteiger partial charge in [-0.05, 0) is 36.2 Å². The third-order valence-electron chi connectivity index (χ3n) is 4.16. The van der Waals surface area contributed by atoms with Gasteiger partial charge in [0.25, 0.3) is 0 Å². The van der Waals surface area contributed by atoms with E-state index in [2.05, 4.69) is 6.92 Å². The molecular formula is C22H21NO. The molecule has 120 valence electrons. The Morgan fingerprint density at radius 2 is 1.17 bits per heavy atom. The van der Waals surface area contributed by atoms with Crippen LogP contribution in [0.25, 0.3) is 0 Å². The van der Waals surface area contributed by atoms with E-state index >= 15 is 0 Å². The van der Waals surface area contributed by atoms with Crippen molar-refractivity contribution in [3.05, 3.63) is 96.6 Å². The first-order valence-corrected chi connectivity index (χ1v) is 8.30. The number of hydrogen-bond donors (Lipinski definition) is 0. The van der Waals surface area contributed by atoms with Crippen molar-refractivity contribution in [1.29, 1.82) is 0 Å². The number of rotatable bonds is 5. The van der Waals surface area contributed by atoms with Crippen molar-refractivity contribution >= 4 is 17.3 Å². The lowest BCUT2D eigenvalue weighted by Crippen LogP contribution is -2.31. The lowest BCUT2D eigenvalue weighted by molar-refractivity contribution is -0.119. The lowest BCUT2D eigenvalue weighted by Gasteiger charge is -2.27. The molecule has 0 spiro atoms. The maximum Gasteiger partial charge on any atom is 0.239 e. The molecule has 0 aliphatic carbocycles. The largest absolute Gasteiger partial charge is 0.281 e. The average Bonchev–Trinajstić information content (AvgIpc) is 2.65. The van der Waals surface area contributed by atoms with Crippen LogP contribution in [-0.4, -0.2) is 5.91 Å². The van der Waals surface area contributed by atoms with Crippen LogP contribution < -0.4 is 4.90 Å². The van der Waals surface area contributed by atoms with E-state index in [0.717, 1.165) is 23.4 Å². The Labute approximate surface area is 143 Å². The number of nitrogens with zero attached hydrogens (tertiary/aromatic N) is 1. The summed E-state index contributed by atoms with van der Waals surface area (Å²) in [5, 5.41) is 0. The summed E-state index contributed by atoms with van der Waals surface area (Å²) in [6.45, 7) is 2.06.